The Morgan fingerprint density at radius 2 is 2.16 bits per heavy atom. The monoisotopic (exact) mass is 416 g/mol. The maximum atomic E-state index is 6.02. The highest BCUT2D eigenvalue weighted by Gasteiger charge is 2.22. The zero-order valence-corrected chi connectivity index (χ0v) is 14.9. The summed E-state index contributed by atoms with van der Waals surface area (Å²) in [6.45, 7) is 3.47. The van der Waals surface area contributed by atoms with Crippen molar-refractivity contribution in [1.82, 2.24) is 15.2 Å². The molecular weight excluding hydrogens is 398 g/mol. The molecule has 1 aromatic heterocycles. The van der Waals surface area contributed by atoms with Gasteiger partial charge in [-0.25, -0.2) is 4.99 Å². The molecule has 0 aromatic carbocycles. The Morgan fingerprint density at radius 3 is 2.63 bits per heavy atom. The van der Waals surface area contributed by atoms with Gasteiger partial charge in [-0.2, -0.15) is 0 Å². The second-order valence-electron chi connectivity index (χ2n) is 4.45. The first kappa shape index (κ1) is 16.9. The van der Waals surface area contributed by atoms with Gasteiger partial charge < -0.3 is 15.2 Å². The maximum Gasteiger partial charge on any atom is 0.191 e. The van der Waals surface area contributed by atoms with Gasteiger partial charge in [0.2, 0.25) is 0 Å². The molecule has 0 radical (unpaired) electrons. The fourth-order valence-corrected chi connectivity index (χ4v) is 2.06. The lowest BCUT2D eigenvalue weighted by molar-refractivity contribution is 0.785. The Hall–Kier alpha value is -0.140. The van der Waals surface area contributed by atoms with E-state index in [2.05, 4.69) is 22.5 Å². The van der Waals surface area contributed by atoms with Gasteiger partial charge in [0.1, 0.15) is 5.15 Å². The molecule has 108 valence electrons. The summed E-state index contributed by atoms with van der Waals surface area (Å²) in [6.07, 6.45) is 2.46. The van der Waals surface area contributed by atoms with Gasteiger partial charge in [0, 0.05) is 25.3 Å². The van der Waals surface area contributed by atoms with Crippen molar-refractivity contribution in [3.63, 3.8) is 0 Å². The molecule has 2 rings (SSSR count). The molecule has 1 heterocycles. The average molecular weight is 417 g/mol. The molecular formula is C12H19Cl2IN4. The van der Waals surface area contributed by atoms with Crippen molar-refractivity contribution < 1.29 is 0 Å². The van der Waals surface area contributed by atoms with Crippen LogP contribution in [0, 0.1) is 0 Å². The maximum absolute atomic E-state index is 6.02. The Labute approximate surface area is 141 Å². The van der Waals surface area contributed by atoms with Crippen LogP contribution in [0.15, 0.2) is 11.1 Å². The highest BCUT2D eigenvalue weighted by molar-refractivity contribution is 14.0. The van der Waals surface area contributed by atoms with E-state index in [1.807, 2.05) is 17.7 Å². The molecule has 1 aliphatic carbocycles. The van der Waals surface area contributed by atoms with Crippen LogP contribution in [-0.2, 0) is 13.6 Å². The predicted molar refractivity (Wildman–Crippen MR) is 91.8 cm³/mol. The molecule has 1 aromatic rings. The number of halogens is 3. The number of rotatable bonds is 4. The first-order valence-electron chi connectivity index (χ1n) is 6.16. The molecule has 7 heteroatoms. The van der Waals surface area contributed by atoms with Crippen LogP contribution < -0.4 is 10.6 Å². The molecule has 1 fully saturated rings. The number of aromatic nitrogens is 1. The first-order valence-corrected chi connectivity index (χ1v) is 6.91. The average Bonchev–Trinajstić information content (AvgIpc) is 3.12. The fraction of sp³-hybridized carbons (Fsp3) is 0.583. The van der Waals surface area contributed by atoms with Crippen molar-refractivity contribution in [2.45, 2.75) is 32.4 Å². The third-order valence-electron chi connectivity index (χ3n) is 2.88. The van der Waals surface area contributed by atoms with Gasteiger partial charge >= 0.3 is 0 Å². The standard InChI is InChI=1S/C12H18Cl2N4.HI/c1-3-15-12(17-8-4-5-8)16-7-9-6-10(13)11(14)18(9)2;/h6,8H,3-5,7H2,1-2H3,(H2,15,16,17);1H. The molecule has 0 amide bonds. The first-order chi connectivity index (χ1) is 8.61. The summed E-state index contributed by atoms with van der Waals surface area (Å²) in [6, 6.07) is 2.44. The fourth-order valence-electron chi connectivity index (χ4n) is 1.64. The van der Waals surface area contributed by atoms with Crippen molar-refractivity contribution in [2.75, 3.05) is 6.54 Å². The van der Waals surface area contributed by atoms with E-state index in [1.54, 1.807) is 0 Å². The van der Waals surface area contributed by atoms with E-state index in [0.717, 1.165) is 18.2 Å². The molecule has 0 atom stereocenters. The van der Waals surface area contributed by atoms with Gasteiger partial charge in [0.05, 0.1) is 11.6 Å². The lowest BCUT2D eigenvalue weighted by Crippen LogP contribution is -2.38. The zero-order valence-electron chi connectivity index (χ0n) is 11.0. The molecule has 0 spiro atoms. The molecule has 1 saturated carbocycles. The van der Waals surface area contributed by atoms with Crippen molar-refractivity contribution in [1.29, 1.82) is 0 Å². The van der Waals surface area contributed by atoms with Crippen molar-refractivity contribution in [3.8, 4) is 0 Å². The van der Waals surface area contributed by atoms with Gasteiger partial charge in [-0.3, -0.25) is 0 Å². The summed E-state index contributed by atoms with van der Waals surface area (Å²) in [4.78, 5) is 4.54. The molecule has 0 bridgehead atoms. The zero-order chi connectivity index (χ0) is 13.1. The van der Waals surface area contributed by atoms with Crippen molar-refractivity contribution >= 4 is 53.1 Å². The largest absolute Gasteiger partial charge is 0.357 e. The second kappa shape index (κ2) is 7.59. The van der Waals surface area contributed by atoms with E-state index in [0.29, 0.717) is 22.8 Å². The predicted octanol–water partition coefficient (Wildman–Crippen LogP) is 3.17. The summed E-state index contributed by atoms with van der Waals surface area (Å²) in [5, 5.41) is 7.73. The van der Waals surface area contributed by atoms with Gasteiger partial charge in [-0.05, 0) is 25.8 Å². The van der Waals surface area contributed by atoms with Crippen molar-refractivity contribution in [2.24, 2.45) is 12.0 Å². The summed E-state index contributed by atoms with van der Waals surface area (Å²) in [5.74, 6) is 0.855. The number of aliphatic imine (C=N–C) groups is 1. The van der Waals surface area contributed by atoms with E-state index < -0.39 is 0 Å². The molecule has 2 N–H and O–H groups in total. The number of hydrogen-bond acceptors (Lipinski definition) is 1. The minimum atomic E-state index is 0. The summed E-state index contributed by atoms with van der Waals surface area (Å²) < 4.78 is 1.86. The summed E-state index contributed by atoms with van der Waals surface area (Å²) in [7, 11) is 1.89. The van der Waals surface area contributed by atoms with Crippen LogP contribution in [0.1, 0.15) is 25.5 Å². The molecule has 0 aliphatic heterocycles. The van der Waals surface area contributed by atoms with Crippen molar-refractivity contribution in [3.05, 3.63) is 21.9 Å². The van der Waals surface area contributed by atoms with Crippen LogP contribution >= 0.6 is 47.2 Å². The molecule has 19 heavy (non-hydrogen) atoms. The van der Waals surface area contributed by atoms with Crippen LogP contribution in [0.5, 0.6) is 0 Å². The molecule has 4 nitrogen and oxygen atoms in total. The third kappa shape index (κ3) is 4.72. The molecule has 1 aliphatic rings. The van der Waals surface area contributed by atoms with Gasteiger partial charge in [-0.1, -0.05) is 23.2 Å². The highest BCUT2D eigenvalue weighted by atomic mass is 127. The summed E-state index contributed by atoms with van der Waals surface area (Å²) in [5.41, 5.74) is 0.998. The molecule has 0 saturated heterocycles. The highest BCUT2D eigenvalue weighted by Crippen LogP contribution is 2.25. The Kier molecular flexibility index (Phi) is 6.76. The number of guanidine groups is 1. The molecule has 0 unspecified atom stereocenters. The van der Waals surface area contributed by atoms with E-state index in [9.17, 15) is 0 Å². The van der Waals surface area contributed by atoms with Crippen LogP contribution in [0.3, 0.4) is 0 Å². The Bertz CT molecular complexity index is 455. The number of nitrogens with zero attached hydrogens (tertiary/aromatic N) is 2. The van der Waals surface area contributed by atoms with Crippen LogP contribution in [0.4, 0.5) is 0 Å². The number of nitrogens with one attached hydrogen (secondary N) is 2. The minimum absolute atomic E-state index is 0. The normalized spacial score (nSPS) is 15.1. The smallest absolute Gasteiger partial charge is 0.191 e. The minimum Gasteiger partial charge on any atom is -0.357 e. The lowest BCUT2D eigenvalue weighted by atomic mass is 10.4. The topological polar surface area (TPSA) is 41.4 Å². The van der Waals surface area contributed by atoms with Crippen LogP contribution in [0.2, 0.25) is 10.2 Å². The Morgan fingerprint density at radius 1 is 1.47 bits per heavy atom. The second-order valence-corrected chi connectivity index (χ2v) is 5.21. The van der Waals surface area contributed by atoms with Gasteiger partial charge in [0.25, 0.3) is 0 Å². The summed E-state index contributed by atoms with van der Waals surface area (Å²) >= 11 is 12.0. The SMILES string of the molecule is CCNC(=NCc1cc(Cl)c(Cl)n1C)NC1CC1.I. The number of hydrogen-bond donors (Lipinski definition) is 2. The van der Waals surface area contributed by atoms with Crippen LogP contribution in [0.25, 0.3) is 0 Å². The van der Waals surface area contributed by atoms with E-state index in [-0.39, 0.29) is 24.0 Å². The lowest BCUT2D eigenvalue weighted by Gasteiger charge is -2.10. The quantitative estimate of drug-likeness (QED) is 0.449. The van der Waals surface area contributed by atoms with E-state index in [1.165, 1.54) is 12.8 Å². The third-order valence-corrected chi connectivity index (χ3v) is 3.72. The Balaban J connectivity index is 0.00000180. The van der Waals surface area contributed by atoms with Gasteiger partial charge in [0.15, 0.2) is 5.96 Å². The van der Waals surface area contributed by atoms with E-state index >= 15 is 0 Å². The van der Waals surface area contributed by atoms with Crippen LogP contribution in [-0.4, -0.2) is 23.1 Å². The van der Waals surface area contributed by atoms with E-state index in [4.69, 9.17) is 23.2 Å². The van der Waals surface area contributed by atoms with Gasteiger partial charge in [-0.15, -0.1) is 24.0 Å².